The van der Waals surface area contributed by atoms with Crippen LogP contribution < -0.4 is 0 Å². The van der Waals surface area contributed by atoms with Crippen molar-refractivity contribution in [2.45, 2.75) is 129 Å². The third-order valence-electron chi connectivity index (χ3n) is 10.4. The summed E-state index contributed by atoms with van der Waals surface area (Å²) in [6, 6.07) is 0. The molecule has 3 nitrogen and oxygen atoms in total. The third kappa shape index (κ3) is 6.65. The number of hydrogen-bond acceptors (Lipinski definition) is 3. The van der Waals surface area contributed by atoms with E-state index in [1.165, 1.54) is 50.4 Å². The third-order valence-corrected chi connectivity index (χ3v) is 15.0. The van der Waals surface area contributed by atoms with Gasteiger partial charge in [-0.3, -0.25) is 4.79 Å². The van der Waals surface area contributed by atoms with E-state index in [1.807, 2.05) is 0 Å². The lowest BCUT2D eigenvalue weighted by molar-refractivity contribution is -0.140. The van der Waals surface area contributed by atoms with Crippen LogP contribution in [0.3, 0.4) is 0 Å². The molecular formula is C32H54O3Si. The molecule has 0 spiro atoms. The van der Waals surface area contributed by atoms with Crippen molar-refractivity contribution in [1.29, 1.82) is 0 Å². The Kier molecular flexibility index (Phi) is 9.58. The van der Waals surface area contributed by atoms with Crippen molar-refractivity contribution in [2.24, 2.45) is 23.2 Å². The monoisotopic (exact) mass is 514 g/mol. The molecule has 0 N–H and O–H groups in total. The normalized spacial score (nSPS) is 32.6. The van der Waals surface area contributed by atoms with Gasteiger partial charge in [-0.05, 0) is 111 Å². The van der Waals surface area contributed by atoms with Gasteiger partial charge in [-0.1, -0.05) is 64.5 Å². The minimum atomic E-state index is -1.76. The Hall–Kier alpha value is -1.13. The summed E-state index contributed by atoms with van der Waals surface area (Å²) in [5.41, 5.74) is 4.78. The summed E-state index contributed by atoms with van der Waals surface area (Å²) in [7, 11) is -0.272. The molecule has 3 saturated carbocycles. The number of fused-ring (bicyclic) bond motifs is 1. The standard InChI is InChI=1S/C32H54O3Si/c1-23-15-18-27(35-36(8,9)31(3,4)5)22-26(23)17-16-25-13-11-21-32(6)28(19-20-29(25)32)24(2)12-10-14-30(33)34-7/h16-17,24,27-29H,1,10-15,18-22H2,2-9H3/t24?,27?,28?,29?,32-/m1/s1. The Morgan fingerprint density at radius 2 is 1.92 bits per heavy atom. The summed E-state index contributed by atoms with van der Waals surface area (Å²) >= 11 is 0. The smallest absolute Gasteiger partial charge is 0.305 e. The van der Waals surface area contributed by atoms with Crippen LogP contribution in [-0.2, 0) is 14.0 Å². The summed E-state index contributed by atoms with van der Waals surface area (Å²) in [5, 5.41) is 0.245. The average molecular weight is 515 g/mol. The predicted octanol–water partition coefficient (Wildman–Crippen LogP) is 9.17. The highest BCUT2D eigenvalue weighted by Gasteiger charge is 2.50. The first-order valence-corrected chi connectivity index (χ1v) is 17.5. The number of rotatable bonds is 8. The largest absolute Gasteiger partial charge is 0.469 e. The van der Waals surface area contributed by atoms with Crippen molar-refractivity contribution < 1.29 is 14.0 Å². The molecule has 0 amide bonds. The molecule has 204 valence electrons. The molecule has 4 heteroatoms. The van der Waals surface area contributed by atoms with Gasteiger partial charge in [0.2, 0.25) is 0 Å². The Morgan fingerprint density at radius 3 is 2.58 bits per heavy atom. The Balaban J connectivity index is 1.68. The van der Waals surface area contributed by atoms with Crippen LogP contribution in [0, 0.1) is 23.2 Å². The van der Waals surface area contributed by atoms with Gasteiger partial charge in [-0.15, -0.1) is 0 Å². The van der Waals surface area contributed by atoms with Crippen molar-refractivity contribution in [3.63, 3.8) is 0 Å². The fraction of sp³-hybridized carbons (Fsp3) is 0.781. The van der Waals surface area contributed by atoms with E-state index in [1.54, 1.807) is 5.57 Å². The first-order chi connectivity index (χ1) is 16.8. The van der Waals surface area contributed by atoms with E-state index in [4.69, 9.17) is 9.16 Å². The highest BCUT2D eigenvalue weighted by molar-refractivity contribution is 6.74. The molecule has 0 aromatic carbocycles. The molecule has 0 saturated heterocycles. The average Bonchev–Trinajstić information content (AvgIpc) is 3.15. The van der Waals surface area contributed by atoms with Gasteiger partial charge < -0.3 is 9.16 Å². The van der Waals surface area contributed by atoms with Gasteiger partial charge in [-0.25, -0.2) is 0 Å². The minimum Gasteiger partial charge on any atom is -0.469 e. The quantitative estimate of drug-likeness (QED) is 0.239. The molecule has 0 aromatic heterocycles. The van der Waals surface area contributed by atoms with Crippen LogP contribution in [0.2, 0.25) is 18.1 Å². The van der Waals surface area contributed by atoms with Crippen LogP contribution >= 0.6 is 0 Å². The molecule has 3 aliphatic rings. The number of carbonyl (C=O) groups excluding carboxylic acids is 1. The summed E-state index contributed by atoms with van der Waals surface area (Å²) in [5.74, 6) is 2.04. The van der Waals surface area contributed by atoms with Gasteiger partial charge in [0.25, 0.3) is 0 Å². The van der Waals surface area contributed by atoms with Crippen LogP contribution in [-0.4, -0.2) is 27.5 Å². The number of esters is 1. The van der Waals surface area contributed by atoms with Gasteiger partial charge in [0.15, 0.2) is 8.32 Å². The molecule has 3 aliphatic carbocycles. The fourth-order valence-electron chi connectivity index (χ4n) is 7.16. The maximum Gasteiger partial charge on any atom is 0.305 e. The number of allylic oxidation sites excluding steroid dienone is 4. The molecule has 36 heavy (non-hydrogen) atoms. The molecule has 0 bridgehead atoms. The van der Waals surface area contributed by atoms with Gasteiger partial charge >= 0.3 is 5.97 Å². The predicted molar refractivity (Wildman–Crippen MR) is 154 cm³/mol. The van der Waals surface area contributed by atoms with Gasteiger partial charge in [0.1, 0.15) is 0 Å². The molecule has 0 aromatic rings. The minimum absolute atomic E-state index is 0.0742. The van der Waals surface area contributed by atoms with Gasteiger partial charge in [0.05, 0.1) is 7.11 Å². The highest BCUT2D eigenvalue weighted by atomic mass is 28.4. The zero-order valence-corrected chi connectivity index (χ0v) is 25.7. The number of ether oxygens (including phenoxy) is 1. The molecule has 3 fully saturated rings. The van der Waals surface area contributed by atoms with Crippen molar-refractivity contribution >= 4 is 14.3 Å². The SMILES string of the molecule is C=C1CCC(O[Si](C)(C)C(C)(C)C)CC1=CC=C1CCC[C@@]2(C)C1CCC2C(C)CCCC(=O)OC. The molecule has 0 aliphatic heterocycles. The van der Waals surface area contributed by atoms with Crippen LogP contribution in [0.5, 0.6) is 0 Å². The molecule has 3 rings (SSSR count). The zero-order valence-electron chi connectivity index (χ0n) is 24.7. The first-order valence-electron chi connectivity index (χ1n) is 14.6. The number of hydrogen-bond donors (Lipinski definition) is 0. The summed E-state index contributed by atoms with van der Waals surface area (Å²) in [6.07, 6.45) is 17.5. The van der Waals surface area contributed by atoms with E-state index in [2.05, 4.69) is 66.4 Å². The first kappa shape index (κ1) is 29.4. The number of carbonyl (C=O) groups is 1. The Morgan fingerprint density at radius 1 is 1.19 bits per heavy atom. The summed E-state index contributed by atoms with van der Waals surface area (Å²) in [6.45, 7) is 21.1. The van der Waals surface area contributed by atoms with E-state index in [-0.39, 0.29) is 11.0 Å². The lowest BCUT2D eigenvalue weighted by atomic mass is 9.60. The molecule has 4 unspecified atom stereocenters. The van der Waals surface area contributed by atoms with E-state index in [0.717, 1.165) is 38.0 Å². The second-order valence-electron chi connectivity index (χ2n) is 13.8. The van der Waals surface area contributed by atoms with Crippen molar-refractivity contribution in [2.75, 3.05) is 7.11 Å². The Labute approximate surface area is 223 Å². The van der Waals surface area contributed by atoms with Gasteiger partial charge in [-0.2, -0.15) is 0 Å². The second-order valence-corrected chi connectivity index (χ2v) is 18.6. The van der Waals surface area contributed by atoms with Crippen molar-refractivity contribution in [1.82, 2.24) is 0 Å². The maximum atomic E-state index is 11.6. The number of methoxy groups -OCH3 is 1. The lowest BCUT2D eigenvalue weighted by Gasteiger charge is -2.44. The van der Waals surface area contributed by atoms with Crippen LogP contribution in [0.4, 0.5) is 0 Å². The van der Waals surface area contributed by atoms with Crippen molar-refractivity contribution in [3.8, 4) is 0 Å². The summed E-state index contributed by atoms with van der Waals surface area (Å²) < 4.78 is 11.6. The van der Waals surface area contributed by atoms with Gasteiger partial charge in [0, 0.05) is 12.5 Å². The van der Waals surface area contributed by atoms with E-state index in [0.29, 0.717) is 29.8 Å². The van der Waals surface area contributed by atoms with Crippen LogP contribution in [0.25, 0.3) is 0 Å². The second kappa shape index (κ2) is 11.7. The molecular weight excluding hydrogens is 460 g/mol. The summed E-state index contributed by atoms with van der Waals surface area (Å²) in [4.78, 5) is 11.6. The highest BCUT2D eigenvalue weighted by Crippen LogP contribution is 2.60. The maximum absolute atomic E-state index is 11.6. The van der Waals surface area contributed by atoms with Crippen molar-refractivity contribution in [3.05, 3.63) is 35.5 Å². The molecule has 5 atom stereocenters. The Bertz CT molecular complexity index is 861. The van der Waals surface area contributed by atoms with E-state index < -0.39 is 8.32 Å². The van der Waals surface area contributed by atoms with E-state index >= 15 is 0 Å². The molecule has 0 heterocycles. The van der Waals surface area contributed by atoms with E-state index in [9.17, 15) is 4.79 Å². The lowest BCUT2D eigenvalue weighted by Crippen LogP contribution is -2.44. The fourth-order valence-corrected chi connectivity index (χ4v) is 8.55. The zero-order chi connectivity index (χ0) is 26.7. The van der Waals surface area contributed by atoms with Crippen LogP contribution in [0.15, 0.2) is 35.5 Å². The van der Waals surface area contributed by atoms with Crippen LogP contribution in [0.1, 0.15) is 105 Å². The molecule has 0 radical (unpaired) electrons. The topological polar surface area (TPSA) is 35.5 Å².